The molecule has 0 aliphatic carbocycles. The van der Waals surface area contributed by atoms with Gasteiger partial charge in [0.2, 0.25) is 0 Å². The Labute approximate surface area is 193 Å². The number of benzene rings is 3. The second-order valence-corrected chi connectivity index (χ2v) is 7.70. The minimum absolute atomic E-state index is 0.161. The fourth-order valence-corrected chi connectivity index (χ4v) is 3.54. The molecule has 0 saturated carbocycles. The van der Waals surface area contributed by atoms with Gasteiger partial charge < -0.3 is 9.47 Å². The quantitative estimate of drug-likeness (QED) is 0.376. The van der Waals surface area contributed by atoms with Gasteiger partial charge in [-0.25, -0.2) is 4.68 Å². The van der Waals surface area contributed by atoms with E-state index in [9.17, 15) is 4.79 Å². The van der Waals surface area contributed by atoms with E-state index in [-0.39, 0.29) is 5.56 Å². The van der Waals surface area contributed by atoms with Gasteiger partial charge in [0.1, 0.15) is 11.5 Å². The number of rotatable bonds is 7. The first-order chi connectivity index (χ1) is 16.1. The number of hydrogen-bond acceptors (Lipinski definition) is 4. The predicted molar refractivity (Wildman–Crippen MR) is 133 cm³/mol. The van der Waals surface area contributed by atoms with Gasteiger partial charge in [-0.2, -0.15) is 5.10 Å². The van der Waals surface area contributed by atoms with E-state index >= 15 is 0 Å². The number of methoxy groups -OCH3 is 2. The van der Waals surface area contributed by atoms with Crippen molar-refractivity contribution in [3.63, 3.8) is 0 Å². The summed E-state index contributed by atoms with van der Waals surface area (Å²) >= 11 is 0. The van der Waals surface area contributed by atoms with Crippen LogP contribution in [0.1, 0.15) is 11.1 Å². The Morgan fingerprint density at radius 1 is 0.818 bits per heavy atom. The van der Waals surface area contributed by atoms with Crippen molar-refractivity contribution in [3.8, 4) is 33.9 Å². The topological polar surface area (TPSA) is 53.4 Å². The van der Waals surface area contributed by atoms with Gasteiger partial charge in [0.15, 0.2) is 0 Å². The third kappa shape index (κ3) is 5.21. The van der Waals surface area contributed by atoms with E-state index in [0.29, 0.717) is 6.54 Å². The lowest BCUT2D eigenvalue weighted by atomic mass is 10.00. The number of ether oxygens (including phenoxy) is 2. The van der Waals surface area contributed by atoms with Crippen LogP contribution >= 0.6 is 0 Å². The standard InChI is InChI=1S/C28H26N2O3/c1-20-6-8-21(9-7-20)5-4-18-30-27(31)19-26(22-10-14-24(32-2)15-11-22)28(29-30)23-12-16-25(33-3)17-13-23/h4-17,19H,18H2,1-3H3/b5-4+. The van der Waals surface area contributed by atoms with Gasteiger partial charge in [0, 0.05) is 17.2 Å². The van der Waals surface area contributed by atoms with E-state index in [4.69, 9.17) is 14.6 Å². The van der Waals surface area contributed by atoms with Crippen LogP contribution in [0.25, 0.3) is 28.5 Å². The molecular weight excluding hydrogens is 412 g/mol. The Bertz CT molecular complexity index is 1300. The second kappa shape index (κ2) is 10.0. The largest absolute Gasteiger partial charge is 0.497 e. The van der Waals surface area contributed by atoms with Crippen LogP contribution in [-0.2, 0) is 6.54 Å². The molecule has 5 nitrogen and oxygen atoms in total. The van der Waals surface area contributed by atoms with Crippen LogP contribution in [0, 0.1) is 6.92 Å². The lowest BCUT2D eigenvalue weighted by Gasteiger charge is -2.13. The number of hydrogen-bond donors (Lipinski definition) is 0. The molecule has 166 valence electrons. The van der Waals surface area contributed by atoms with Crippen molar-refractivity contribution < 1.29 is 9.47 Å². The van der Waals surface area contributed by atoms with E-state index in [1.165, 1.54) is 10.2 Å². The van der Waals surface area contributed by atoms with Crippen LogP contribution < -0.4 is 15.0 Å². The first-order valence-electron chi connectivity index (χ1n) is 10.7. The molecule has 0 amide bonds. The van der Waals surface area contributed by atoms with Gasteiger partial charge in [-0.15, -0.1) is 0 Å². The lowest BCUT2D eigenvalue weighted by molar-refractivity contribution is 0.414. The van der Waals surface area contributed by atoms with Crippen LogP contribution in [0.5, 0.6) is 11.5 Å². The smallest absolute Gasteiger partial charge is 0.267 e. The minimum Gasteiger partial charge on any atom is -0.497 e. The molecular formula is C28H26N2O3. The van der Waals surface area contributed by atoms with Crippen LogP contribution in [0.2, 0.25) is 0 Å². The maximum absolute atomic E-state index is 12.9. The lowest BCUT2D eigenvalue weighted by Crippen LogP contribution is -2.22. The van der Waals surface area contributed by atoms with Crippen LogP contribution in [0.4, 0.5) is 0 Å². The van der Waals surface area contributed by atoms with E-state index in [2.05, 4.69) is 31.2 Å². The number of aryl methyl sites for hydroxylation is 1. The molecule has 0 bridgehead atoms. The van der Waals surface area contributed by atoms with E-state index < -0.39 is 0 Å². The highest BCUT2D eigenvalue weighted by atomic mass is 16.5. The molecule has 1 aromatic heterocycles. The average Bonchev–Trinajstić information content (AvgIpc) is 2.86. The molecule has 4 aromatic rings. The fraction of sp³-hybridized carbons (Fsp3) is 0.143. The highest BCUT2D eigenvalue weighted by molar-refractivity contribution is 5.80. The number of aromatic nitrogens is 2. The van der Waals surface area contributed by atoms with Crippen molar-refractivity contribution in [2.75, 3.05) is 14.2 Å². The average molecular weight is 439 g/mol. The molecule has 0 N–H and O–H groups in total. The summed E-state index contributed by atoms with van der Waals surface area (Å²) in [4.78, 5) is 12.9. The third-order valence-electron chi connectivity index (χ3n) is 5.43. The first-order valence-corrected chi connectivity index (χ1v) is 10.7. The van der Waals surface area contributed by atoms with Gasteiger partial charge in [-0.1, -0.05) is 54.1 Å². The molecule has 1 heterocycles. The maximum atomic E-state index is 12.9. The minimum atomic E-state index is -0.161. The summed E-state index contributed by atoms with van der Waals surface area (Å²) in [5, 5.41) is 4.74. The molecule has 0 unspecified atom stereocenters. The maximum Gasteiger partial charge on any atom is 0.267 e. The third-order valence-corrected chi connectivity index (χ3v) is 5.43. The van der Waals surface area contributed by atoms with Crippen LogP contribution in [0.15, 0.2) is 89.7 Å². The van der Waals surface area contributed by atoms with E-state index in [0.717, 1.165) is 39.4 Å². The zero-order valence-electron chi connectivity index (χ0n) is 19.0. The molecule has 4 rings (SSSR count). The summed E-state index contributed by atoms with van der Waals surface area (Å²) < 4.78 is 12.0. The molecule has 0 aliphatic heterocycles. The molecule has 0 spiro atoms. The molecule has 0 atom stereocenters. The van der Waals surface area contributed by atoms with Crippen molar-refractivity contribution in [1.29, 1.82) is 0 Å². The molecule has 0 saturated heterocycles. The van der Waals surface area contributed by atoms with Crippen molar-refractivity contribution in [2.24, 2.45) is 0 Å². The number of allylic oxidation sites excluding steroid dienone is 1. The van der Waals surface area contributed by atoms with Crippen molar-refractivity contribution in [1.82, 2.24) is 9.78 Å². The van der Waals surface area contributed by atoms with Gasteiger partial charge in [0.05, 0.1) is 26.5 Å². The van der Waals surface area contributed by atoms with Crippen molar-refractivity contribution in [2.45, 2.75) is 13.5 Å². The monoisotopic (exact) mass is 438 g/mol. The predicted octanol–water partition coefficient (Wildman–Crippen LogP) is 5.62. The summed E-state index contributed by atoms with van der Waals surface area (Å²) in [6.45, 7) is 2.43. The van der Waals surface area contributed by atoms with Gasteiger partial charge >= 0.3 is 0 Å². The molecule has 0 aliphatic rings. The summed E-state index contributed by atoms with van der Waals surface area (Å²) in [6.07, 6.45) is 3.95. The zero-order valence-corrected chi connectivity index (χ0v) is 19.0. The highest BCUT2D eigenvalue weighted by Crippen LogP contribution is 2.31. The summed E-state index contributed by atoms with van der Waals surface area (Å²) in [6, 6.07) is 25.2. The highest BCUT2D eigenvalue weighted by Gasteiger charge is 2.13. The van der Waals surface area contributed by atoms with Gasteiger partial charge in [0.25, 0.3) is 5.56 Å². The molecule has 5 heteroatoms. The summed E-state index contributed by atoms with van der Waals surface area (Å²) in [7, 11) is 3.27. The zero-order chi connectivity index (χ0) is 23.2. The first kappa shape index (κ1) is 22.1. The Morgan fingerprint density at radius 2 is 1.39 bits per heavy atom. The second-order valence-electron chi connectivity index (χ2n) is 7.70. The van der Waals surface area contributed by atoms with Gasteiger partial charge in [-0.05, 0) is 54.4 Å². The van der Waals surface area contributed by atoms with Crippen molar-refractivity contribution in [3.05, 3.63) is 106 Å². The molecule has 33 heavy (non-hydrogen) atoms. The van der Waals surface area contributed by atoms with E-state index in [1.807, 2.05) is 60.7 Å². The van der Waals surface area contributed by atoms with Gasteiger partial charge in [-0.3, -0.25) is 4.79 Å². The van der Waals surface area contributed by atoms with E-state index in [1.54, 1.807) is 20.3 Å². The Kier molecular flexibility index (Phi) is 6.69. The normalized spacial score (nSPS) is 11.0. The SMILES string of the molecule is COc1ccc(-c2cc(=O)n(C/C=C/c3ccc(C)cc3)nc2-c2ccc(OC)cc2)cc1. The molecule has 0 radical (unpaired) electrons. The fourth-order valence-electron chi connectivity index (χ4n) is 3.54. The van der Waals surface area contributed by atoms with Crippen LogP contribution in [0.3, 0.4) is 0 Å². The Hall–Kier alpha value is -4.12. The Morgan fingerprint density at radius 3 is 1.97 bits per heavy atom. The Balaban J connectivity index is 1.73. The molecule has 0 fully saturated rings. The number of nitrogens with zero attached hydrogens (tertiary/aromatic N) is 2. The molecule has 3 aromatic carbocycles. The summed E-state index contributed by atoms with van der Waals surface area (Å²) in [5.41, 5.74) is 5.43. The summed E-state index contributed by atoms with van der Waals surface area (Å²) in [5.74, 6) is 1.52. The van der Waals surface area contributed by atoms with Crippen molar-refractivity contribution >= 4 is 6.08 Å². The van der Waals surface area contributed by atoms with Crippen LogP contribution in [-0.4, -0.2) is 24.0 Å².